The van der Waals surface area contributed by atoms with Crippen molar-refractivity contribution < 1.29 is 4.79 Å². The van der Waals surface area contributed by atoms with Crippen molar-refractivity contribution in [2.45, 2.75) is 46.0 Å². The number of nitrogens with zero attached hydrogens (tertiary/aromatic N) is 2. The zero-order chi connectivity index (χ0) is 13.9. The van der Waals surface area contributed by atoms with Gasteiger partial charge in [0.1, 0.15) is 0 Å². The minimum atomic E-state index is 0.303. The molecule has 0 aromatic heterocycles. The molecule has 0 bridgehead atoms. The molecular formula is C14H28N4O. The predicted molar refractivity (Wildman–Crippen MR) is 79.3 cm³/mol. The van der Waals surface area contributed by atoms with Crippen LogP contribution in [0.15, 0.2) is 4.99 Å². The molecule has 1 aliphatic heterocycles. The zero-order valence-corrected chi connectivity index (χ0v) is 12.4. The van der Waals surface area contributed by atoms with Crippen LogP contribution in [0.5, 0.6) is 0 Å². The van der Waals surface area contributed by atoms with Gasteiger partial charge in [-0.1, -0.05) is 13.3 Å². The summed E-state index contributed by atoms with van der Waals surface area (Å²) in [6.45, 7) is 8.63. The first-order valence-corrected chi connectivity index (χ1v) is 7.57. The molecule has 1 fully saturated rings. The second kappa shape index (κ2) is 9.64. The van der Waals surface area contributed by atoms with Gasteiger partial charge in [-0.3, -0.25) is 9.79 Å². The number of carbonyl (C=O) groups excluding carboxylic acids is 1. The fourth-order valence-electron chi connectivity index (χ4n) is 2.12. The molecule has 0 aromatic rings. The summed E-state index contributed by atoms with van der Waals surface area (Å²) in [5.74, 6) is 1.20. The van der Waals surface area contributed by atoms with Gasteiger partial charge >= 0.3 is 0 Å². The van der Waals surface area contributed by atoms with Gasteiger partial charge in [-0.2, -0.15) is 0 Å². The highest BCUT2D eigenvalue weighted by Crippen LogP contribution is 2.09. The molecule has 0 aromatic carbocycles. The Morgan fingerprint density at radius 2 is 2.16 bits per heavy atom. The molecule has 0 radical (unpaired) electrons. The molecule has 5 heteroatoms. The first kappa shape index (κ1) is 15.8. The molecule has 1 amide bonds. The first-order chi connectivity index (χ1) is 9.27. The van der Waals surface area contributed by atoms with Gasteiger partial charge in [-0.15, -0.1) is 0 Å². The fourth-order valence-corrected chi connectivity index (χ4v) is 2.12. The molecule has 2 N–H and O–H groups in total. The highest BCUT2D eigenvalue weighted by molar-refractivity contribution is 5.79. The van der Waals surface area contributed by atoms with E-state index in [1.54, 1.807) is 0 Å². The zero-order valence-electron chi connectivity index (χ0n) is 12.4. The molecule has 0 atom stereocenters. The molecule has 110 valence electrons. The van der Waals surface area contributed by atoms with E-state index in [-0.39, 0.29) is 0 Å². The average Bonchev–Trinajstić information content (AvgIpc) is 2.80. The van der Waals surface area contributed by atoms with E-state index in [9.17, 15) is 4.79 Å². The summed E-state index contributed by atoms with van der Waals surface area (Å²) >= 11 is 0. The van der Waals surface area contributed by atoms with Crippen LogP contribution in [0.4, 0.5) is 0 Å². The molecule has 5 nitrogen and oxygen atoms in total. The van der Waals surface area contributed by atoms with Crippen molar-refractivity contribution in [1.29, 1.82) is 0 Å². The topological polar surface area (TPSA) is 56.7 Å². The molecule has 0 aliphatic carbocycles. The van der Waals surface area contributed by atoms with Gasteiger partial charge in [0, 0.05) is 39.1 Å². The lowest BCUT2D eigenvalue weighted by molar-refractivity contribution is -0.127. The first-order valence-electron chi connectivity index (χ1n) is 7.57. The Balaban J connectivity index is 2.20. The van der Waals surface area contributed by atoms with E-state index in [2.05, 4.69) is 29.5 Å². The van der Waals surface area contributed by atoms with Gasteiger partial charge in [-0.25, -0.2) is 0 Å². The summed E-state index contributed by atoms with van der Waals surface area (Å²) in [6.07, 6.45) is 5.03. The van der Waals surface area contributed by atoms with Crippen LogP contribution < -0.4 is 10.6 Å². The van der Waals surface area contributed by atoms with Crippen LogP contribution in [0.1, 0.15) is 46.0 Å². The van der Waals surface area contributed by atoms with Gasteiger partial charge in [-0.05, 0) is 26.2 Å². The van der Waals surface area contributed by atoms with E-state index in [1.165, 1.54) is 6.42 Å². The number of unbranched alkanes of at least 4 members (excludes halogenated alkanes) is 1. The quantitative estimate of drug-likeness (QED) is 0.397. The third kappa shape index (κ3) is 6.45. The van der Waals surface area contributed by atoms with Crippen LogP contribution >= 0.6 is 0 Å². The van der Waals surface area contributed by atoms with Crippen LogP contribution in [0.25, 0.3) is 0 Å². The smallest absolute Gasteiger partial charge is 0.222 e. The molecule has 1 heterocycles. The summed E-state index contributed by atoms with van der Waals surface area (Å²) in [4.78, 5) is 17.9. The van der Waals surface area contributed by atoms with E-state index in [0.717, 1.165) is 64.4 Å². The van der Waals surface area contributed by atoms with Crippen LogP contribution in [0.3, 0.4) is 0 Å². The maximum Gasteiger partial charge on any atom is 0.222 e. The van der Waals surface area contributed by atoms with Gasteiger partial charge in [0.25, 0.3) is 0 Å². The van der Waals surface area contributed by atoms with Crippen LogP contribution in [-0.2, 0) is 4.79 Å². The standard InChI is InChI=1S/C14H28N4O/c1-3-5-9-16-14(15-4-2)17-10-7-12-18-11-6-8-13(18)19/h3-12H2,1-2H3,(H2,15,16,17). The third-order valence-electron chi connectivity index (χ3n) is 3.19. The largest absolute Gasteiger partial charge is 0.357 e. The van der Waals surface area contributed by atoms with Crippen LogP contribution in [-0.4, -0.2) is 49.5 Å². The molecule has 1 saturated heterocycles. The van der Waals surface area contributed by atoms with Crippen molar-refractivity contribution in [3.63, 3.8) is 0 Å². The highest BCUT2D eigenvalue weighted by Gasteiger charge is 2.18. The number of carbonyl (C=O) groups is 1. The maximum absolute atomic E-state index is 11.4. The Morgan fingerprint density at radius 3 is 2.79 bits per heavy atom. The van der Waals surface area contributed by atoms with E-state index in [1.807, 2.05) is 4.90 Å². The summed E-state index contributed by atoms with van der Waals surface area (Å²) in [6, 6.07) is 0. The number of hydrogen-bond acceptors (Lipinski definition) is 2. The molecule has 1 rings (SSSR count). The maximum atomic E-state index is 11.4. The fraction of sp³-hybridized carbons (Fsp3) is 0.857. The highest BCUT2D eigenvalue weighted by atomic mass is 16.2. The van der Waals surface area contributed by atoms with Gasteiger partial charge in [0.05, 0.1) is 0 Å². The number of guanidine groups is 1. The van der Waals surface area contributed by atoms with E-state index in [4.69, 9.17) is 0 Å². The summed E-state index contributed by atoms with van der Waals surface area (Å²) in [5, 5.41) is 6.55. The number of rotatable bonds is 8. The van der Waals surface area contributed by atoms with Gasteiger partial charge in [0.2, 0.25) is 5.91 Å². The van der Waals surface area contributed by atoms with E-state index >= 15 is 0 Å². The van der Waals surface area contributed by atoms with Crippen molar-refractivity contribution in [1.82, 2.24) is 15.5 Å². The minimum absolute atomic E-state index is 0.303. The van der Waals surface area contributed by atoms with Crippen molar-refractivity contribution >= 4 is 11.9 Å². The minimum Gasteiger partial charge on any atom is -0.357 e. The third-order valence-corrected chi connectivity index (χ3v) is 3.19. The van der Waals surface area contributed by atoms with Crippen LogP contribution in [0, 0.1) is 0 Å². The number of hydrogen-bond donors (Lipinski definition) is 2. The normalized spacial score (nSPS) is 16.0. The van der Waals surface area contributed by atoms with Crippen molar-refractivity contribution in [2.24, 2.45) is 4.99 Å². The number of aliphatic imine (C=N–C) groups is 1. The monoisotopic (exact) mass is 268 g/mol. The summed E-state index contributed by atoms with van der Waals surface area (Å²) in [5.41, 5.74) is 0. The Morgan fingerprint density at radius 1 is 1.32 bits per heavy atom. The van der Waals surface area contributed by atoms with Gasteiger partial charge in [0.15, 0.2) is 5.96 Å². The lowest BCUT2D eigenvalue weighted by Gasteiger charge is -2.15. The Labute approximate surface area is 116 Å². The lowest BCUT2D eigenvalue weighted by Crippen LogP contribution is -2.38. The van der Waals surface area contributed by atoms with E-state index < -0.39 is 0 Å². The Hall–Kier alpha value is -1.26. The van der Waals surface area contributed by atoms with E-state index in [0.29, 0.717) is 5.91 Å². The Kier molecular flexibility index (Phi) is 8.02. The predicted octanol–water partition coefficient (Wildman–Crippen LogP) is 1.35. The molecule has 19 heavy (non-hydrogen) atoms. The molecule has 0 unspecified atom stereocenters. The number of nitrogens with one attached hydrogen (secondary N) is 2. The van der Waals surface area contributed by atoms with Crippen molar-refractivity contribution in [3.8, 4) is 0 Å². The second-order valence-corrected chi connectivity index (χ2v) is 4.88. The van der Waals surface area contributed by atoms with Crippen LogP contribution in [0.2, 0.25) is 0 Å². The second-order valence-electron chi connectivity index (χ2n) is 4.88. The SMILES string of the molecule is CCCCNC(=NCCCN1CCCC1=O)NCC. The summed E-state index contributed by atoms with van der Waals surface area (Å²) < 4.78 is 0. The number of likely N-dealkylation sites (tertiary alicyclic amines) is 1. The average molecular weight is 268 g/mol. The Bertz CT molecular complexity index is 291. The van der Waals surface area contributed by atoms with Crippen molar-refractivity contribution in [3.05, 3.63) is 0 Å². The lowest BCUT2D eigenvalue weighted by atomic mass is 10.3. The van der Waals surface area contributed by atoms with Gasteiger partial charge < -0.3 is 15.5 Å². The molecular weight excluding hydrogens is 240 g/mol. The molecule has 0 saturated carbocycles. The molecule has 0 spiro atoms. The molecule has 1 aliphatic rings. The number of amides is 1. The van der Waals surface area contributed by atoms with Crippen molar-refractivity contribution in [2.75, 3.05) is 32.7 Å². The summed E-state index contributed by atoms with van der Waals surface area (Å²) in [7, 11) is 0.